The van der Waals surface area contributed by atoms with E-state index in [0.717, 1.165) is 12.1 Å². The number of hydrogen-bond donors (Lipinski definition) is 2. The summed E-state index contributed by atoms with van der Waals surface area (Å²) in [6.45, 7) is -0.129. The van der Waals surface area contributed by atoms with Gasteiger partial charge in [-0.1, -0.05) is 24.3 Å². The van der Waals surface area contributed by atoms with Crippen molar-refractivity contribution in [1.82, 2.24) is 0 Å². The molecule has 0 spiro atoms. The molecule has 0 radical (unpaired) electrons. The minimum atomic E-state index is -1.78. The summed E-state index contributed by atoms with van der Waals surface area (Å²) < 4.78 is 31.7. The second-order valence-corrected chi connectivity index (χ2v) is 3.94. The molecule has 2 N–H and O–H groups in total. The molecular formula is C13H11BF2O3. The molecular weight excluding hydrogens is 253 g/mol. The molecule has 0 bridgehead atoms. The van der Waals surface area contributed by atoms with Crippen LogP contribution in [0.25, 0.3) is 0 Å². The van der Waals surface area contributed by atoms with Gasteiger partial charge >= 0.3 is 7.12 Å². The summed E-state index contributed by atoms with van der Waals surface area (Å²) in [6.07, 6.45) is 0. The van der Waals surface area contributed by atoms with Crippen molar-refractivity contribution in [3.8, 4) is 5.75 Å². The van der Waals surface area contributed by atoms with Crippen LogP contribution in [0.1, 0.15) is 5.56 Å². The van der Waals surface area contributed by atoms with Gasteiger partial charge in [0.2, 0.25) is 0 Å². The molecule has 0 saturated carbocycles. The van der Waals surface area contributed by atoms with Crippen LogP contribution in [0, 0.1) is 11.6 Å². The van der Waals surface area contributed by atoms with Crippen molar-refractivity contribution >= 4 is 12.6 Å². The smallest absolute Gasteiger partial charge is 0.489 e. The number of rotatable bonds is 4. The zero-order valence-corrected chi connectivity index (χ0v) is 9.88. The minimum absolute atomic E-state index is 0.0257. The SMILES string of the molecule is OB(O)c1ccc(F)cc1OCc1ccccc1F. The van der Waals surface area contributed by atoms with E-state index in [1.54, 1.807) is 12.1 Å². The standard InChI is InChI=1S/C13H11BF2O3/c15-10-5-6-11(14(17)18)13(7-10)19-8-9-3-1-2-4-12(9)16/h1-7,17-18H,8H2. The van der Waals surface area contributed by atoms with Crippen molar-refractivity contribution in [2.75, 3.05) is 0 Å². The third-order valence-corrected chi connectivity index (χ3v) is 2.59. The number of ether oxygens (including phenoxy) is 1. The van der Waals surface area contributed by atoms with Crippen LogP contribution in [0.4, 0.5) is 8.78 Å². The molecule has 19 heavy (non-hydrogen) atoms. The van der Waals surface area contributed by atoms with Gasteiger partial charge in [0.1, 0.15) is 24.0 Å². The van der Waals surface area contributed by atoms with E-state index in [1.165, 1.54) is 18.2 Å². The van der Waals surface area contributed by atoms with Gasteiger partial charge < -0.3 is 14.8 Å². The number of halogens is 2. The second-order valence-electron chi connectivity index (χ2n) is 3.94. The zero-order chi connectivity index (χ0) is 13.8. The fraction of sp³-hybridized carbons (Fsp3) is 0.0769. The van der Waals surface area contributed by atoms with Crippen molar-refractivity contribution in [2.24, 2.45) is 0 Å². The van der Waals surface area contributed by atoms with Gasteiger partial charge in [0.15, 0.2) is 0 Å². The molecule has 0 atom stereocenters. The lowest BCUT2D eigenvalue weighted by molar-refractivity contribution is 0.299. The predicted molar refractivity (Wildman–Crippen MR) is 67.0 cm³/mol. The van der Waals surface area contributed by atoms with Crippen LogP contribution >= 0.6 is 0 Å². The number of benzene rings is 2. The van der Waals surface area contributed by atoms with Crippen LogP contribution < -0.4 is 10.2 Å². The monoisotopic (exact) mass is 264 g/mol. The third-order valence-electron chi connectivity index (χ3n) is 2.59. The highest BCUT2D eigenvalue weighted by Gasteiger charge is 2.18. The van der Waals surface area contributed by atoms with Crippen molar-refractivity contribution in [1.29, 1.82) is 0 Å². The number of hydrogen-bond acceptors (Lipinski definition) is 3. The average molecular weight is 264 g/mol. The Bertz CT molecular complexity index is 576. The summed E-state index contributed by atoms with van der Waals surface area (Å²) in [7, 11) is -1.78. The summed E-state index contributed by atoms with van der Waals surface area (Å²) in [5.41, 5.74) is 0.322. The van der Waals surface area contributed by atoms with Crippen LogP contribution in [0.15, 0.2) is 42.5 Å². The van der Waals surface area contributed by atoms with E-state index in [2.05, 4.69) is 0 Å². The Kier molecular flexibility index (Phi) is 4.14. The molecule has 0 saturated heterocycles. The van der Waals surface area contributed by atoms with Gasteiger partial charge in [0, 0.05) is 17.1 Å². The van der Waals surface area contributed by atoms with Crippen molar-refractivity contribution in [3.05, 3.63) is 59.7 Å². The Morgan fingerprint density at radius 3 is 2.47 bits per heavy atom. The van der Waals surface area contributed by atoms with Gasteiger partial charge in [-0.15, -0.1) is 0 Å². The molecule has 3 nitrogen and oxygen atoms in total. The Morgan fingerprint density at radius 2 is 1.79 bits per heavy atom. The first-order valence-electron chi connectivity index (χ1n) is 5.59. The molecule has 0 amide bonds. The molecule has 0 aliphatic carbocycles. The quantitative estimate of drug-likeness (QED) is 0.816. The summed E-state index contributed by atoms with van der Waals surface area (Å²) in [5, 5.41) is 18.3. The van der Waals surface area contributed by atoms with Gasteiger partial charge in [-0.3, -0.25) is 0 Å². The summed E-state index contributed by atoms with van der Waals surface area (Å²) in [6, 6.07) is 9.33. The van der Waals surface area contributed by atoms with E-state index >= 15 is 0 Å². The maximum absolute atomic E-state index is 13.4. The first kappa shape index (κ1) is 13.5. The van der Waals surface area contributed by atoms with Gasteiger partial charge in [-0.05, 0) is 12.1 Å². The van der Waals surface area contributed by atoms with Crippen LogP contribution in [0.2, 0.25) is 0 Å². The Morgan fingerprint density at radius 1 is 1.05 bits per heavy atom. The van der Waals surface area contributed by atoms with Gasteiger partial charge in [-0.25, -0.2) is 8.78 Å². The summed E-state index contributed by atoms with van der Waals surface area (Å²) >= 11 is 0. The Labute approximate surface area is 109 Å². The Hall–Kier alpha value is -1.92. The third kappa shape index (κ3) is 3.30. The minimum Gasteiger partial charge on any atom is -0.489 e. The largest absolute Gasteiger partial charge is 0.492 e. The van der Waals surface area contributed by atoms with E-state index in [1.807, 2.05) is 0 Å². The van der Waals surface area contributed by atoms with Crippen molar-refractivity contribution in [3.63, 3.8) is 0 Å². The van der Waals surface area contributed by atoms with Crippen LogP contribution in [-0.4, -0.2) is 17.2 Å². The first-order chi connectivity index (χ1) is 9.08. The highest BCUT2D eigenvalue weighted by atomic mass is 19.1. The van der Waals surface area contributed by atoms with Crippen molar-refractivity contribution in [2.45, 2.75) is 6.61 Å². The lowest BCUT2D eigenvalue weighted by atomic mass is 9.79. The molecule has 2 rings (SSSR count). The highest BCUT2D eigenvalue weighted by molar-refractivity contribution is 6.59. The molecule has 0 heterocycles. The summed E-state index contributed by atoms with van der Waals surface area (Å²) in [5.74, 6) is -1.05. The van der Waals surface area contributed by atoms with Crippen LogP contribution in [-0.2, 0) is 6.61 Å². The maximum atomic E-state index is 13.4. The second kappa shape index (κ2) is 5.82. The fourth-order valence-electron chi connectivity index (χ4n) is 1.62. The molecule has 98 valence electrons. The van der Waals surface area contributed by atoms with E-state index in [4.69, 9.17) is 14.8 Å². The lowest BCUT2D eigenvalue weighted by Gasteiger charge is -2.11. The highest BCUT2D eigenvalue weighted by Crippen LogP contribution is 2.14. The first-order valence-corrected chi connectivity index (χ1v) is 5.59. The van der Waals surface area contributed by atoms with E-state index in [-0.39, 0.29) is 17.8 Å². The van der Waals surface area contributed by atoms with Gasteiger partial charge in [0.25, 0.3) is 0 Å². The van der Waals surface area contributed by atoms with E-state index in [0.29, 0.717) is 5.56 Å². The van der Waals surface area contributed by atoms with Crippen LogP contribution in [0.3, 0.4) is 0 Å². The fourth-order valence-corrected chi connectivity index (χ4v) is 1.62. The molecule has 6 heteroatoms. The van der Waals surface area contributed by atoms with Gasteiger partial charge in [0.05, 0.1) is 0 Å². The van der Waals surface area contributed by atoms with Gasteiger partial charge in [-0.2, -0.15) is 0 Å². The molecule has 0 aliphatic rings. The molecule has 2 aromatic rings. The van der Waals surface area contributed by atoms with Crippen LogP contribution in [0.5, 0.6) is 5.75 Å². The van der Waals surface area contributed by atoms with E-state index < -0.39 is 18.8 Å². The Balaban J connectivity index is 2.19. The van der Waals surface area contributed by atoms with E-state index in [9.17, 15) is 8.78 Å². The average Bonchev–Trinajstić information content (AvgIpc) is 2.37. The predicted octanol–water partition coefficient (Wildman–Crippen LogP) is 1.22. The summed E-state index contributed by atoms with van der Waals surface area (Å²) in [4.78, 5) is 0. The topological polar surface area (TPSA) is 49.7 Å². The maximum Gasteiger partial charge on any atom is 0.492 e. The molecule has 0 aliphatic heterocycles. The zero-order valence-electron chi connectivity index (χ0n) is 9.88. The lowest BCUT2D eigenvalue weighted by Crippen LogP contribution is -2.31. The molecule has 0 aromatic heterocycles. The molecule has 0 fully saturated rings. The molecule has 0 unspecified atom stereocenters. The molecule has 2 aromatic carbocycles. The normalized spacial score (nSPS) is 10.3. The van der Waals surface area contributed by atoms with Crippen molar-refractivity contribution < 1.29 is 23.6 Å².